The van der Waals surface area contributed by atoms with Crippen LogP contribution in [0.15, 0.2) is 85.5 Å². The molecule has 10 nitrogen and oxygen atoms in total. The molecule has 0 unspecified atom stereocenters. The third kappa shape index (κ3) is 6.02. The van der Waals surface area contributed by atoms with Crippen molar-refractivity contribution >= 4 is 23.5 Å². The maximum Gasteiger partial charge on any atom is 0.340 e. The summed E-state index contributed by atoms with van der Waals surface area (Å²) in [6.45, 7) is 0. The van der Waals surface area contributed by atoms with Crippen molar-refractivity contribution in [3.05, 3.63) is 119 Å². The minimum Gasteiger partial charge on any atom is -0.478 e. The first kappa shape index (κ1) is 24.5. The van der Waals surface area contributed by atoms with Crippen LogP contribution in [-0.2, 0) is 4.74 Å². The summed E-state index contributed by atoms with van der Waals surface area (Å²) < 4.78 is 4.61. The number of carbonyl (C=O) groups excluding carboxylic acids is 3. The summed E-state index contributed by atoms with van der Waals surface area (Å²) >= 11 is 0. The van der Waals surface area contributed by atoms with Crippen LogP contribution < -0.4 is 0 Å². The molecule has 174 valence electrons. The van der Waals surface area contributed by atoms with Crippen molar-refractivity contribution in [3.8, 4) is 0 Å². The zero-order valence-corrected chi connectivity index (χ0v) is 18.4. The van der Waals surface area contributed by atoms with Crippen LogP contribution in [-0.4, -0.2) is 55.7 Å². The number of rotatable bonds is 6. The Bertz CT molecular complexity index is 1360. The first-order chi connectivity index (χ1) is 16.9. The lowest BCUT2D eigenvalue weighted by Crippen LogP contribution is -2.14. The fourth-order valence-electron chi connectivity index (χ4n) is 2.86. The molecule has 35 heavy (non-hydrogen) atoms. The number of aromatic carboxylic acids is 1. The van der Waals surface area contributed by atoms with Crippen LogP contribution in [0.1, 0.15) is 53.1 Å². The van der Waals surface area contributed by atoms with Gasteiger partial charge in [-0.15, -0.1) is 0 Å². The van der Waals surface area contributed by atoms with Crippen molar-refractivity contribution in [1.29, 1.82) is 0 Å². The second-order valence-corrected chi connectivity index (χ2v) is 6.68. The number of nitrogens with zero attached hydrogens (tertiary/aromatic N) is 4. The quantitative estimate of drug-likeness (QED) is 0.329. The van der Waals surface area contributed by atoms with Crippen LogP contribution in [0, 0.1) is 0 Å². The molecule has 4 heterocycles. The van der Waals surface area contributed by atoms with Gasteiger partial charge in [-0.3, -0.25) is 29.5 Å². The van der Waals surface area contributed by atoms with Gasteiger partial charge in [0.15, 0.2) is 0 Å². The third-order valence-electron chi connectivity index (χ3n) is 4.48. The SMILES string of the molecule is COC(=O)c1cccnc1C(=O)c1ccccn1.O=C(O)c1cccnc1C(=O)c1ccccn1. The lowest BCUT2D eigenvalue weighted by molar-refractivity contribution is 0.0596. The highest BCUT2D eigenvalue weighted by Gasteiger charge is 2.21. The molecule has 0 aliphatic rings. The molecule has 4 aromatic heterocycles. The second-order valence-electron chi connectivity index (χ2n) is 6.68. The van der Waals surface area contributed by atoms with Crippen LogP contribution in [0.25, 0.3) is 0 Å². The van der Waals surface area contributed by atoms with Gasteiger partial charge in [-0.05, 0) is 48.5 Å². The maximum absolute atomic E-state index is 12.2. The summed E-state index contributed by atoms with van der Waals surface area (Å²) in [7, 11) is 1.25. The minimum absolute atomic E-state index is 0.0445. The van der Waals surface area contributed by atoms with E-state index in [0.29, 0.717) is 0 Å². The van der Waals surface area contributed by atoms with Crippen molar-refractivity contribution in [3.63, 3.8) is 0 Å². The van der Waals surface area contributed by atoms with Gasteiger partial charge >= 0.3 is 11.9 Å². The number of ketones is 2. The number of methoxy groups -OCH3 is 1. The number of carboxylic acid groups (broad SMARTS) is 1. The Morgan fingerprint density at radius 1 is 0.629 bits per heavy atom. The minimum atomic E-state index is -1.18. The van der Waals surface area contributed by atoms with E-state index in [1.54, 1.807) is 36.4 Å². The zero-order chi connectivity index (χ0) is 25.2. The summed E-state index contributed by atoms with van der Waals surface area (Å²) in [4.78, 5) is 62.2. The highest BCUT2D eigenvalue weighted by atomic mass is 16.5. The zero-order valence-electron chi connectivity index (χ0n) is 18.4. The van der Waals surface area contributed by atoms with E-state index < -0.39 is 23.5 Å². The lowest BCUT2D eigenvalue weighted by atomic mass is 10.1. The number of ether oxygens (including phenoxy) is 1. The molecule has 0 saturated carbocycles. The van der Waals surface area contributed by atoms with E-state index in [-0.39, 0.29) is 33.9 Å². The van der Waals surface area contributed by atoms with Crippen molar-refractivity contribution in [2.24, 2.45) is 0 Å². The molecule has 4 rings (SSSR count). The predicted octanol–water partition coefficient (Wildman–Crippen LogP) is 2.90. The molecule has 1 N–H and O–H groups in total. The van der Waals surface area contributed by atoms with E-state index in [2.05, 4.69) is 24.7 Å². The summed E-state index contributed by atoms with van der Waals surface area (Å²) in [6.07, 6.45) is 5.80. The molecule has 0 bridgehead atoms. The average molecular weight is 470 g/mol. The summed E-state index contributed by atoms with van der Waals surface area (Å²) in [5.74, 6) is -2.68. The summed E-state index contributed by atoms with van der Waals surface area (Å²) in [5.41, 5.74) is 0.371. The summed E-state index contributed by atoms with van der Waals surface area (Å²) in [5, 5.41) is 8.95. The Morgan fingerprint density at radius 3 is 1.51 bits per heavy atom. The Hall–Kier alpha value is -5.12. The fraction of sp³-hybridized carbons (Fsp3) is 0.0400. The van der Waals surface area contributed by atoms with Gasteiger partial charge in [0.05, 0.1) is 18.2 Å². The third-order valence-corrected chi connectivity index (χ3v) is 4.48. The van der Waals surface area contributed by atoms with Crippen molar-refractivity contribution < 1.29 is 29.0 Å². The Balaban J connectivity index is 0.000000196. The van der Waals surface area contributed by atoms with Crippen molar-refractivity contribution in [2.45, 2.75) is 0 Å². The van der Waals surface area contributed by atoms with Gasteiger partial charge in [0.2, 0.25) is 11.6 Å². The number of carbonyl (C=O) groups is 4. The molecule has 0 spiro atoms. The van der Waals surface area contributed by atoms with Gasteiger partial charge in [-0.2, -0.15) is 0 Å². The topological polar surface area (TPSA) is 149 Å². The molecule has 0 saturated heterocycles. The molecule has 0 aliphatic heterocycles. The van der Waals surface area contributed by atoms with Crippen LogP contribution in [0.2, 0.25) is 0 Å². The molecule has 0 aliphatic carbocycles. The number of aromatic nitrogens is 4. The number of carboxylic acids is 1. The normalized spacial score (nSPS) is 9.86. The van der Waals surface area contributed by atoms with Crippen molar-refractivity contribution in [1.82, 2.24) is 19.9 Å². The van der Waals surface area contributed by atoms with E-state index >= 15 is 0 Å². The second kappa shape index (κ2) is 11.7. The number of hydrogen-bond acceptors (Lipinski definition) is 9. The molecular weight excluding hydrogens is 452 g/mol. The molecular formula is C25H18N4O6. The Labute approximate surface area is 199 Å². The van der Waals surface area contributed by atoms with Gasteiger partial charge in [0.25, 0.3) is 0 Å². The standard InChI is InChI=1S/C13H10N2O3.C12H8N2O3/c1-18-13(17)9-5-4-8-15-11(9)12(16)10-6-2-3-7-14-10;15-11(9-5-1-2-6-13-9)10-8(12(16)17)4-3-7-14-10/h2-8H,1H3;1-7H,(H,16,17). The Kier molecular flexibility index (Phi) is 8.17. The highest BCUT2D eigenvalue weighted by Crippen LogP contribution is 2.12. The van der Waals surface area contributed by atoms with Gasteiger partial charge in [0, 0.05) is 24.8 Å². The van der Waals surface area contributed by atoms with Crippen LogP contribution >= 0.6 is 0 Å². The summed E-state index contributed by atoms with van der Waals surface area (Å²) in [6, 6.07) is 15.7. The maximum atomic E-state index is 12.2. The lowest BCUT2D eigenvalue weighted by Gasteiger charge is -2.04. The van der Waals surface area contributed by atoms with Crippen molar-refractivity contribution in [2.75, 3.05) is 7.11 Å². The van der Waals surface area contributed by atoms with Gasteiger partial charge in [-0.25, -0.2) is 9.59 Å². The van der Waals surface area contributed by atoms with Crippen LogP contribution in [0.5, 0.6) is 0 Å². The molecule has 0 aromatic carbocycles. The molecule has 0 fully saturated rings. The van der Waals surface area contributed by atoms with E-state index in [9.17, 15) is 19.2 Å². The van der Waals surface area contributed by atoms with E-state index in [1.807, 2.05) is 0 Å². The smallest absolute Gasteiger partial charge is 0.340 e. The predicted molar refractivity (Wildman–Crippen MR) is 122 cm³/mol. The highest BCUT2D eigenvalue weighted by molar-refractivity contribution is 6.12. The fourth-order valence-corrected chi connectivity index (χ4v) is 2.86. The molecule has 10 heteroatoms. The molecule has 4 aromatic rings. The number of pyridine rings is 4. The molecule has 0 radical (unpaired) electrons. The molecule has 0 amide bonds. The monoisotopic (exact) mass is 470 g/mol. The van der Waals surface area contributed by atoms with Crippen LogP contribution in [0.3, 0.4) is 0 Å². The molecule has 0 atom stereocenters. The van der Waals surface area contributed by atoms with Crippen LogP contribution in [0.4, 0.5) is 0 Å². The van der Waals surface area contributed by atoms with Gasteiger partial charge in [0.1, 0.15) is 22.8 Å². The number of esters is 1. The largest absolute Gasteiger partial charge is 0.478 e. The van der Waals surface area contributed by atoms with Gasteiger partial charge in [-0.1, -0.05) is 12.1 Å². The van der Waals surface area contributed by atoms with Gasteiger partial charge < -0.3 is 9.84 Å². The van der Waals surface area contributed by atoms with E-state index in [4.69, 9.17) is 5.11 Å². The van der Waals surface area contributed by atoms with E-state index in [1.165, 1.54) is 56.2 Å². The van der Waals surface area contributed by atoms with E-state index in [0.717, 1.165) is 0 Å². The first-order valence-corrected chi connectivity index (χ1v) is 10.1. The average Bonchev–Trinajstić information content (AvgIpc) is 2.93. The number of hydrogen-bond donors (Lipinski definition) is 1. The first-order valence-electron chi connectivity index (χ1n) is 10.1. The Morgan fingerprint density at radius 2 is 1.09 bits per heavy atom.